The minimum atomic E-state index is 0.318. The molecule has 0 atom stereocenters. The van der Waals surface area contributed by atoms with Crippen LogP contribution in [0.25, 0.3) is 23.2 Å². The molecule has 1 N–H and O–H groups in total. The molecule has 0 amide bonds. The topological polar surface area (TPSA) is 91.6 Å². The van der Waals surface area contributed by atoms with Crippen LogP contribution in [0.3, 0.4) is 0 Å². The van der Waals surface area contributed by atoms with Crippen molar-refractivity contribution in [2.75, 3.05) is 0 Å². The van der Waals surface area contributed by atoms with Crippen LogP contribution in [0, 0.1) is 11.3 Å². The van der Waals surface area contributed by atoms with Crippen molar-refractivity contribution in [2.24, 2.45) is 0 Å². The second-order valence-corrected chi connectivity index (χ2v) is 3.30. The van der Waals surface area contributed by atoms with Gasteiger partial charge in [0.25, 0.3) is 5.89 Å². The minimum Gasteiger partial charge on any atom is -0.461 e. The molecular weight excluding hydrogens is 220 g/mol. The van der Waals surface area contributed by atoms with Crippen LogP contribution in [0.4, 0.5) is 0 Å². The first-order chi connectivity index (χ1) is 8.36. The maximum absolute atomic E-state index is 8.69. The Hall–Kier alpha value is -2.81. The van der Waals surface area contributed by atoms with Crippen LogP contribution < -0.4 is 0 Å². The number of nitrogens with one attached hydrogen (secondary N) is 1. The molecule has 0 aliphatic carbocycles. The quantitative estimate of drug-likeness (QED) is 0.723. The third-order valence-corrected chi connectivity index (χ3v) is 2.20. The van der Waals surface area contributed by atoms with E-state index in [2.05, 4.69) is 15.1 Å². The number of H-pyrrole nitrogens is 1. The number of furan rings is 1. The predicted molar refractivity (Wildman–Crippen MR) is 56.5 cm³/mol. The third kappa shape index (κ3) is 1.59. The second-order valence-electron chi connectivity index (χ2n) is 3.30. The summed E-state index contributed by atoms with van der Waals surface area (Å²) in [5.74, 6) is 1.23. The van der Waals surface area contributed by atoms with E-state index in [-0.39, 0.29) is 0 Å². The first-order valence-corrected chi connectivity index (χ1v) is 4.84. The Morgan fingerprint density at radius 1 is 1.29 bits per heavy atom. The number of hydrogen-bond donors (Lipinski definition) is 1. The van der Waals surface area contributed by atoms with E-state index >= 15 is 0 Å². The largest absolute Gasteiger partial charge is 0.461 e. The molecule has 3 aromatic heterocycles. The molecule has 0 bridgehead atoms. The van der Waals surface area contributed by atoms with Gasteiger partial charge in [-0.1, -0.05) is 5.16 Å². The average Bonchev–Trinajstić information content (AvgIpc) is 3.09. The van der Waals surface area contributed by atoms with Crippen LogP contribution in [0.2, 0.25) is 0 Å². The molecule has 0 saturated carbocycles. The molecule has 3 aromatic rings. The smallest absolute Gasteiger partial charge is 0.274 e. The molecule has 6 nitrogen and oxygen atoms in total. The summed E-state index contributed by atoms with van der Waals surface area (Å²) in [7, 11) is 0. The van der Waals surface area contributed by atoms with Crippen LogP contribution in [0.1, 0.15) is 5.69 Å². The van der Waals surface area contributed by atoms with Crippen LogP contribution in [-0.2, 0) is 0 Å². The zero-order valence-corrected chi connectivity index (χ0v) is 8.54. The molecule has 0 fully saturated rings. The van der Waals surface area contributed by atoms with Gasteiger partial charge in [0.2, 0.25) is 5.82 Å². The lowest BCUT2D eigenvalue weighted by Crippen LogP contribution is -1.79. The van der Waals surface area contributed by atoms with E-state index < -0.39 is 0 Å². The summed E-state index contributed by atoms with van der Waals surface area (Å²) < 4.78 is 10.2. The van der Waals surface area contributed by atoms with Gasteiger partial charge >= 0.3 is 0 Å². The van der Waals surface area contributed by atoms with Crippen molar-refractivity contribution in [3.05, 3.63) is 36.2 Å². The summed E-state index contributed by atoms with van der Waals surface area (Å²) in [6, 6.07) is 8.82. The highest BCUT2D eigenvalue weighted by Gasteiger charge is 2.13. The molecule has 0 saturated heterocycles. The molecule has 0 unspecified atom stereocenters. The van der Waals surface area contributed by atoms with Gasteiger partial charge in [0.05, 0.1) is 6.26 Å². The molecule has 17 heavy (non-hydrogen) atoms. The fourth-order valence-corrected chi connectivity index (χ4v) is 1.42. The monoisotopic (exact) mass is 226 g/mol. The van der Waals surface area contributed by atoms with Crippen molar-refractivity contribution in [1.29, 1.82) is 5.26 Å². The summed E-state index contributed by atoms with van der Waals surface area (Å²) in [6.07, 6.45) is 1.54. The summed E-state index contributed by atoms with van der Waals surface area (Å²) in [5.41, 5.74) is 1.05. The van der Waals surface area contributed by atoms with Crippen LogP contribution in [0.15, 0.2) is 39.5 Å². The van der Waals surface area contributed by atoms with Gasteiger partial charge < -0.3 is 13.9 Å². The lowest BCUT2D eigenvalue weighted by Gasteiger charge is -1.85. The highest BCUT2D eigenvalue weighted by molar-refractivity contribution is 5.54. The van der Waals surface area contributed by atoms with Crippen LogP contribution in [-0.4, -0.2) is 15.1 Å². The van der Waals surface area contributed by atoms with Crippen molar-refractivity contribution in [3.63, 3.8) is 0 Å². The van der Waals surface area contributed by atoms with E-state index in [4.69, 9.17) is 14.2 Å². The van der Waals surface area contributed by atoms with E-state index in [9.17, 15) is 0 Å². The summed E-state index contributed by atoms with van der Waals surface area (Å²) >= 11 is 0. The van der Waals surface area contributed by atoms with E-state index in [1.54, 1.807) is 24.3 Å². The highest BCUT2D eigenvalue weighted by atomic mass is 16.5. The molecule has 0 aliphatic heterocycles. The highest BCUT2D eigenvalue weighted by Crippen LogP contribution is 2.21. The zero-order chi connectivity index (χ0) is 11.7. The Morgan fingerprint density at radius 3 is 2.94 bits per heavy atom. The van der Waals surface area contributed by atoms with Gasteiger partial charge in [0.15, 0.2) is 5.76 Å². The Morgan fingerprint density at radius 2 is 2.24 bits per heavy atom. The van der Waals surface area contributed by atoms with Gasteiger partial charge in [0.1, 0.15) is 17.5 Å². The normalized spacial score (nSPS) is 10.3. The molecule has 0 radical (unpaired) electrons. The van der Waals surface area contributed by atoms with Crippen molar-refractivity contribution >= 4 is 0 Å². The molecule has 3 rings (SSSR count). The Kier molecular flexibility index (Phi) is 2.02. The Balaban J connectivity index is 1.98. The van der Waals surface area contributed by atoms with Crippen molar-refractivity contribution in [1.82, 2.24) is 15.1 Å². The number of aromatic amines is 1. The van der Waals surface area contributed by atoms with Gasteiger partial charge in [-0.15, -0.1) is 0 Å². The number of aromatic nitrogens is 3. The van der Waals surface area contributed by atoms with Gasteiger partial charge in [-0.25, -0.2) is 0 Å². The first-order valence-electron chi connectivity index (χ1n) is 4.84. The zero-order valence-electron chi connectivity index (χ0n) is 8.54. The summed E-state index contributed by atoms with van der Waals surface area (Å²) in [5, 5.41) is 12.5. The van der Waals surface area contributed by atoms with Crippen LogP contribution >= 0.6 is 0 Å². The van der Waals surface area contributed by atoms with Gasteiger partial charge in [-0.2, -0.15) is 10.2 Å². The predicted octanol–water partition coefficient (Wildman–Crippen LogP) is 2.20. The average molecular weight is 226 g/mol. The lowest BCUT2D eigenvalue weighted by molar-refractivity contribution is 0.428. The third-order valence-electron chi connectivity index (χ3n) is 2.20. The van der Waals surface area contributed by atoms with Crippen molar-refractivity contribution in [2.45, 2.75) is 0 Å². The molecule has 3 heterocycles. The number of rotatable bonds is 2. The first kappa shape index (κ1) is 9.42. The fourth-order valence-electron chi connectivity index (χ4n) is 1.42. The number of nitrogens with zero attached hydrogens (tertiary/aromatic N) is 3. The van der Waals surface area contributed by atoms with Crippen molar-refractivity contribution in [3.8, 4) is 29.2 Å². The molecular formula is C11H6N4O2. The molecule has 82 valence electrons. The summed E-state index contributed by atoms with van der Waals surface area (Å²) in [6.45, 7) is 0. The van der Waals surface area contributed by atoms with Gasteiger partial charge in [-0.05, 0) is 24.3 Å². The van der Waals surface area contributed by atoms with E-state index in [0.717, 1.165) is 0 Å². The maximum Gasteiger partial charge on any atom is 0.274 e. The molecule has 6 heteroatoms. The van der Waals surface area contributed by atoms with E-state index in [1.165, 1.54) is 6.26 Å². The van der Waals surface area contributed by atoms with E-state index in [0.29, 0.717) is 28.9 Å². The molecule has 0 aromatic carbocycles. The van der Waals surface area contributed by atoms with Crippen LogP contribution in [0.5, 0.6) is 0 Å². The minimum absolute atomic E-state index is 0.318. The number of hydrogen-bond acceptors (Lipinski definition) is 5. The summed E-state index contributed by atoms with van der Waals surface area (Å²) in [4.78, 5) is 7.01. The van der Waals surface area contributed by atoms with E-state index in [1.807, 2.05) is 6.07 Å². The molecule has 0 aliphatic rings. The van der Waals surface area contributed by atoms with Crippen molar-refractivity contribution < 1.29 is 8.94 Å². The second kappa shape index (κ2) is 3.64. The van der Waals surface area contributed by atoms with Gasteiger partial charge in [-0.3, -0.25) is 0 Å². The maximum atomic E-state index is 8.69. The Labute approximate surface area is 95.5 Å². The van der Waals surface area contributed by atoms with Gasteiger partial charge in [0, 0.05) is 0 Å². The lowest BCUT2D eigenvalue weighted by atomic mass is 10.4. The fraction of sp³-hybridized carbons (Fsp3) is 0. The Bertz CT molecular complexity index is 672. The number of nitriles is 1. The standard InChI is InChI=1S/C11H6N4O2/c12-6-7-3-4-8(13-7)11-14-10(15-17-11)9-2-1-5-16-9/h1-5,13H. The molecule has 0 spiro atoms. The SMILES string of the molecule is N#Cc1ccc(-c2nc(-c3ccco3)no2)[nH]1.